The van der Waals surface area contributed by atoms with Gasteiger partial charge in [-0.2, -0.15) is 0 Å². The fourth-order valence-electron chi connectivity index (χ4n) is 2.90. The quantitative estimate of drug-likeness (QED) is 0.660. The van der Waals surface area contributed by atoms with Crippen molar-refractivity contribution >= 4 is 16.9 Å². The Hall–Kier alpha value is -2.93. The Morgan fingerprint density at radius 2 is 2.11 bits per heavy atom. The van der Waals surface area contributed by atoms with Gasteiger partial charge >= 0.3 is 0 Å². The lowest BCUT2D eigenvalue weighted by molar-refractivity contribution is -0.130. The van der Waals surface area contributed by atoms with Gasteiger partial charge in [0.25, 0.3) is 0 Å². The third-order valence-corrected chi connectivity index (χ3v) is 4.43. The van der Waals surface area contributed by atoms with Crippen molar-refractivity contribution in [1.82, 2.24) is 24.8 Å². The summed E-state index contributed by atoms with van der Waals surface area (Å²) in [4.78, 5) is 28.1. The second-order valence-electron chi connectivity index (χ2n) is 6.67. The third kappa shape index (κ3) is 5.04. The van der Waals surface area contributed by atoms with Gasteiger partial charge in [-0.05, 0) is 30.8 Å². The molecule has 0 radical (unpaired) electrons. The van der Waals surface area contributed by atoms with E-state index in [0.29, 0.717) is 26.1 Å². The predicted molar refractivity (Wildman–Crippen MR) is 105 cm³/mol. The number of H-pyrrole nitrogens is 1. The van der Waals surface area contributed by atoms with Crippen LogP contribution in [0.25, 0.3) is 11.0 Å². The lowest BCUT2D eigenvalue weighted by Gasteiger charge is -2.21. The number of benzene rings is 1. The number of ether oxygens (including phenoxy) is 1. The second-order valence-corrected chi connectivity index (χ2v) is 6.67. The highest BCUT2D eigenvalue weighted by atomic mass is 16.5. The number of aromatic nitrogens is 3. The number of nitrogens with one attached hydrogen (secondary N) is 1. The molecule has 0 bridgehead atoms. The minimum Gasteiger partial charge on any atom is -0.497 e. The van der Waals surface area contributed by atoms with Crippen LogP contribution in [-0.4, -0.2) is 65.0 Å². The van der Waals surface area contributed by atoms with Gasteiger partial charge in [-0.25, -0.2) is 4.98 Å². The Kier molecular flexibility index (Phi) is 6.03. The number of carbonyl (C=O) groups is 1. The average molecular weight is 367 g/mol. The number of methoxy groups -OCH3 is 1. The van der Waals surface area contributed by atoms with E-state index in [1.165, 1.54) is 0 Å². The first kappa shape index (κ1) is 18.8. The summed E-state index contributed by atoms with van der Waals surface area (Å²) in [5, 5.41) is 0. The van der Waals surface area contributed by atoms with E-state index in [1.807, 2.05) is 55.5 Å². The number of aromatic amines is 1. The van der Waals surface area contributed by atoms with E-state index in [-0.39, 0.29) is 5.91 Å². The van der Waals surface area contributed by atoms with Crippen LogP contribution in [0.2, 0.25) is 0 Å². The molecule has 0 saturated carbocycles. The fourth-order valence-corrected chi connectivity index (χ4v) is 2.90. The zero-order valence-corrected chi connectivity index (χ0v) is 16.0. The van der Waals surface area contributed by atoms with E-state index >= 15 is 0 Å². The first-order valence-electron chi connectivity index (χ1n) is 8.89. The minimum absolute atomic E-state index is 0.0826. The van der Waals surface area contributed by atoms with Crippen molar-refractivity contribution in [3.63, 3.8) is 0 Å². The van der Waals surface area contributed by atoms with Crippen LogP contribution in [0.15, 0.2) is 42.7 Å². The van der Waals surface area contributed by atoms with Gasteiger partial charge in [0, 0.05) is 45.0 Å². The van der Waals surface area contributed by atoms with Gasteiger partial charge in [-0.3, -0.25) is 14.7 Å². The molecule has 2 heterocycles. The van der Waals surface area contributed by atoms with Gasteiger partial charge in [0.2, 0.25) is 5.91 Å². The molecule has 142 valence electrons. The Morgan fingerprint density at radius 1 is 1.26 bits per heavy atom. The smallest absolute Gasteiger partial charge is 0.236 e. The molecule has 0 spiro atoms. The molecule has 0 aliphatic carbocycles. The van der Waals surface area contributed by atoms with Crippen LogP contribution in [0.1, 0.15) is 11.4 Å². The van der Waals surface area contributed by atoms with Gasteiger partial charge in [0.05, 0.1) is 24.7 Å². The molecule has 1 amide bonds. The van der Waals surface area contributed by atoms with Crippen LogP contribution >= 0.6 is 0 Å². The molecule has 1 aromatic carbocycles. The number of amides is 1. The summed E-state index contributed by atoms with van der Waals surface area (Å²) in [6.45, 7) is 1.66. The van der Waals surface area contributed by atoms with Gasteiger partial charge in [0.15, 0.2) is 0 Å². The summed E-state index contributed by atoms with van der Waals surface area (Å²) in [5.74, 6) is 1.74. The normalized spacial score (nSPS) is 11.1. The third-order valence-electron chi connectivity index (χ3n) is 4.43. The molecule has 0 saturated heterocycles. The molecule has 1 N–H and O–H groups in total. The molecule has 3 rings (SSSR count). The lowest BCUT2D eigenvalue weighted by atomic mass is 10.2. The van der Waals surface area contributed by atoms with Gasteiger partial charge in [0.1, 0.15) is 11.6 Å². The van der Waals surface area contributed by atoms with E-state index < -0.39 is 0 Å². The Bertz CT molecular complexity index is 894. The molecule has 0 aliphatic heterocycles. The molecule has 7 heteroatoms. The van der Waals surface area contributed by atoms with Crippen molar-refractivity contribution in [2.45, 2.75) is 13.0 Å². The molecule has 27 heavy (non-hydrogen) atoms. The van der Waals surface area contributed by atoms with Crippen molar-refractivity contribution < 1.29 is 9.53 Å². The SMILES string of the molecule is COc1ccc2nc(CCN(C)C(=O)CN(C)Cc3cccnc3)[nH]c2c1. The van der Waals surface area contributed by atoms with Crippen LogP contribution < -0.4 is 4.74 Å². The second kappa shape index (κ2) is 8.64. The first-order valence-corrected chi connectivity index (χ1v) is 8.89. The maximum atomic E-state index is 12.4. The Labute approximate surface area is 159 Å². The van der Waals surface area contributed by atoms with Crippen molar-refractivity contribution in [1.29, 1.82) is 0 Å². The van der Waals surface area contributed by atoms with E-state index in [2.05, 4.69) is 15.0 Å². The summed E-state index contributed by atoms with van der Waals surface area (Å²) in [5.41, 5.74) is 2.93. The standard InChI is InChI=1S/C20H25N5O2/c1-24(13-15-5-4-9-21-12-15)14-20(26)25(2)10-8-19-22-17-7-6-16(27-3)11-18(17)23-19/h4-7,9,11-12H,8,10,13-14H2,1-3H3,(H,22,23). The van der Waals surface area contributed by atoms with Crippen LogP contribution in [0.3, 0.4) is 0 Å². The summed E-state index contributed by atoms with van der Waals surface area (Å²) in [7, 11) is 5.40. The molecule has 0 fully saturated rings. The van der Waals surface area contributed by atoms with Crippen molar-refractivity contribution in [2.75, 3.05) is 34.3 Å². The number of carbonyl (C=O) groups excluding carboxylic acids is 1. The van der Waals surface area contributed by atoms with Crippen LogP contribution in [0.5, 0.6) is 5.75 Å². The number of rotatable bonds is 8. The monoisotopic (exact) mass is 367 g/mol. The molecule has 2 aromatic heterocycles. The number of imidazole rings is 1. The average Bonchev–Trinajstić information content (AvgIpc) is 3.08. The number of nitrogens with zero attached hydrogens (tertiary/aromatic N) is 4. The molecular weight excluding hydrogens is 342 g/mol. The van der Waals surface area contributed by atoms with Crippen molar-refractivity contribution in [2.24, 2.45) is 0 Å². The molecule has 0 aliphatic rings. The van der Waals surface area contributed by atoms with E-state index in [4.69, 9.17) is 4.74 Å². The highest BCUT2D eigenvalue weighted by molar-refractivity contribution is 5.78. The summed E-state index contributed by atoms with van der Waals surface area (Å²) in [6.07, 6.45) is 4.24. The van der Waals surface area contributed by atoms with Crippen LogP contribution in [0.4, 0.5) is 0 Å². The van der Waals surface area contributed by atoms with Crippen LogP contribution in [0, 0.1) is 0 Å². The molecular formula is C20H25N5O2. The maximum absolute atomic E-state index is 12.4. The van der Waals surface area contributed by atoms with E-state index in [9.17, 15) is 4.79 Å². The molecule has 0 atom stereocenters. The summed E-state index contributed by atoms with van der Waals surface area (Å²) in [6, 6.07) is 9.65. The summed E-state index contributed by atoms with van der Waals surface area (Å²) >= 11 is 0. The maximum Gasteiger partial charge on any atom is 0.236 e. The largest absolute Gasteiger partial charge is 0.497 e. The van der Waals surface area contributed by atoms with Gasteiger partial charge < -0.3 is 14.6 Å². The zero-order chi connectivity index (χ0) is 19.2. The number of likely N-dealkylation sites (N-methyl/N-ethyl adjacent to an activating group) is 2. The molecule has 0 unspecified atom stereocenters. The number of hydrogen-bond donors (Lipinski definition) is 1. The van der Waals surface area contributed by atoms with E-state index in [1.54, 1.807) is 18.2 Å². The molecule has 3 aromatic rings. The number of pyridine rings is 1. The zero-order valence-electron chi connectivity index (χ0n) is 16.0. The molecule has 7 nitrogen and oxygen atoms in total. The van der Waals surface area contributed by atoms with Gasteiger partial charge in [-0.15, -0.1) is 0 Å². The Morgan fingerprint density at radius 3 is 2.85 bits per heavy atom. The lowest BCUT2D eigenvalue weighted by Crippen LogP contribution is -2.37. The van der Waals surface area contributed by atoms with Crippen molar-refractivity contribution in [3.05, 3.63) is 54.1 Å². The fraction of sp³-hybridized carbons (Fsp3) is 0.350. The predicted octanol–water partition coefficient (Wildman–Crippen LogP) is 2.10. The topological polar surface area (TPSA) is 74.3 Å². The highest BCUT2D eigenvalue weighted by Crippen LogP contribution is 2.18. The summed E-state index contributed by atoms with van der Waals surface area (Å²) < 4.78 is 5.23. The highest BCUT2D eigenvalue weighted by Gasteiger charge is 2.13. The van der Waals surface area contributed by atoms with Crippen LogP contribution in [-0.2, 0) is 17.8 Å². The van der Waals surface area contributed by atoms with Gasteiger partial charge in [-0.1, -0.05) is 6.07 Å². The Balaban J connectivity index is 1.50. The minimum atomic E-state index is 0.0826. The number of fused-ring (bicyclic) bond motifs is 1. The first-order chi connectivity index (χ1) is 13.0. The van der Waals surface area contributed by atoms with E-state index in [0.717, 1.165) is 28.2 Å². The number of hydrogen-bond acceptors (Lipinski definition) is 5. The van der Waals surface area contributed by atoms with Crippen molar-refractivity contribution in [3.8, 4) is 5.75 Å².